The van der Waals surface area contributed by atoms with Crippen molar-refractivity contribution < 1.29 is 9.59 Å². The first-order valence-electron chi connectivity index (χ1n) is 9.24. The molecule has 0 unspecified atom stereocenters. The Hall–Kier alpha value is -1.93. The third-order valence-electron chi connectivity index (χ3n) is 4.54. The summed E-state index contributed by atoms with van der Waals surface area (Å²) in [4.78, 5) is 24.5. The molecule has 1 aromatic carbocycles. The van der Waals surface area contributed by atoms with E-state index in [1.807, 2.05) is 31.2 Å². The lowest BCUT2D eigenvalue weighted by molar-refractivity contribution is -0.119. The molecule has 0 atom stereocenters. The number of carbonyl (C=O) groups excluding carboxylic acids is 2. The Labute approximate surface area is 167 Å². The summed E-state index contributed by atoms with van der Waals surface area (Å²) >= 11 is 2.53. The Morgan fingerprint density at radius 1 is 1.15 bits per heavy atom. The molecule has 144 valence electrons. The average molecular weight is 405 g/mol. The van der Waals surface area contributed by atoms with E-state index in [4.69, 9.17) is 0 Å². The zero-order valence-corrected chi connectivity index (χ0v) is 17.0. The van der Waals surface area contributed by atoms with E-state index < -0.39 is 0 Å². The van der Waals surface area contributed by atoms with Gasteiger partial charge in [-0.05, 0) is 31.4 Å². The van der Waals surface area contributed by atoms with Gasteiger partial charge < -0.3 is 10.6 Å². The molecular formula is C19H24N4O2S2. The van der Waals surface area contributed by atoms with Crippen LogP contribution in [0, 0.1) is 6.92 Å². The number of nitrogens with one attached hydrogen (secondary N) is 2. The molecule has 8 heteroatoms. The molecule has 0 saturated heterocycles. The molecule has 1 aliphatic rings. The highest BCUT2D eigenvalue weighted by atomic mass is 32.2. The molecule has 1 aromatic heterocycles. The van der Waals surface area contributed by atoms with Gasteiger partial charge in [-0.15, -0.1) is 10.2 Å². The summed E-state index contributed by atoms with van der Waals surface area (Å²) in [6.07, 6.45) is 7.04. The van der Waals surface area contributed by atoms with E-state index in [0.29, 0.717) is 21.1 Å². The third-order valence-corrected chi connectivity index (χ3v) is 6.60. The quantitative estimate of drug-likeness (QED) is 0.561. The van der Waals surface area contributed by atoms with Crippen LogP contribution < -0.4 is 10.6 Å². The van der Waals surface area contributed by atoms with Crippen molar-refractivity contribution in [3.05, 3.63) is 34.8 Å². The summed E-state index contributed by atoms with van der Waals surface area (Å²) < 4.78 is 0.626. The molecule has 6 nitrogen and oxygen atoms in total. The van der Waals surface area contributed by atoms with Crippen molar-refractivity contribution in [2.45, 2.75) is 55.8 Å². The van der Waals surface area contributed by atoms with Crippen LogP contribution in [-0.4, -0.2) is 33.8 Å². The van der Waals surface area contributed by atoms with E-state index in [0.717, 1.165) is 24.1 Å². The first-order chi connectivity index (χ1) is 13.1. The molecule has 0 spiro atoms. The Morgan fingerprint density at radius 2 is 1.89 bits per heavy atom. The zero-order chi connectivity index (χ0) is 19.1. The summed E-state index contributed by atoms with van der Waals surface area (Å²) in [7, 11) is 0. The lowest BCUT2D eigenvalue weighted by Crippen LogP contribution is -2.35. The monoisotopic (exact) mass is 404 g/mol. The van der Waals surface area contributed by atoms with Crippen LogP contribution in [0.3, 0.4) is 0 Å². The SMILES string of the molecule is Cc1ccccc1NC(=O)c1nnc(SCC(=O)NC2CCCCCC2)s1. The second-order valence-electron chi connectivity index (χ2n) is 6.69. The number of para-hydroxylation sites is 1. The van der Waals surface area contributed by atoms with Crippen molar-refractivity contribution in [2.75, 3.05) is 11.1 Å². The highest BCUT2D eigenvalue weighted by Crippen LogP contribution is 2.24. The standard InChI is InChI=1S/C19H24N4O2S2/c1-13-8-6-7-11-15(13)21-17(25)18-22-23-19(27-18)26-12-16(24)20-14-9-4-2-3-5-10-14/h6-8,11,14H,2-5,9-10,12H2,1H3,(H,20,24)(H,21,25). The second-order valence-corrected chi connectivity index (χ2v) is 8.89. The van der Waals surface area contributed by atoms with Crippen molar-refractivity contribution in [3.8, 4) is 0 Å². The average Bonchev–Trinajstić information content (AvgIpc) is 2.99. The maximum atomic E-state index is 12.3. The summed E-state index contributed by atoms with van der Waals surface area (Å²) in [6, 6.07) is 7.87. The highest BCUT2D eigenvalue weighted by Gasteiger charge is 2.17. The van der Waals surface area contributed by atoms with Gasteiger partial charge in [0, 0.05) is 11.7 Å². The number of rotatable bonds is 6. The molecule has 2 aromatic rings. The molecular weight excluding hydrogens is 380 g/mol. The van der Waals surface area contributed by atoms with Crippen LogP contribution in [0.25, 0.3) is 0 Å². The maximum Gasteiger partial charge on any atom is 0.286 e. The van der Waals surface area contributed by atoms with E-state index in [-0.39, 0.29) is 11.8 Å². The van der Waals surface area contributed by atoms with Gasteiger partial charge in [-0.3, -0.25) is 9.59 Å². The van der Waals surface area contributed by atoms with E-state index in [9.17, 15) is 9.59 Å². The predicted molar refractivity (Wildman–Crippen MR) is 109 cm³/mol. The minimum absolute atomic E-state index is 0.0213. The fourth-order valence-electron chi connectivity index (χ4n) is 3.07. The summed E-state index contributed by atoms with van der Waals surface area (Å²) in [6.45, 7) is 1.93. The number of aryl methyl sites for hydroxylation is 1. The van der Waals surface area contributed by atoms with Crippen LogP contribution in [0.5, 0.6) is 0 Å². The Balaban J connectivity index is 1.48. The van der Waals surface area contributed by atoms with Crippen molar-refractivity contribution >= 4 is 40.6 Å². The molecule has 27 heavy (non-hydrogen) atoms. The van der Waals surface area contributed by atoms with Crippen LogP contribution in [0.4, 0.5) is 5.69 Å². The third kappa shape index (κ3) is 6.04. The first kappa shape index (κ1) is 19.8. The van der Waals surface area contributed by atoms with Crippen LogP contribution in [-0.2, 0) is 4.79 Å². The zero-order valence-electron chi connectivity index (χ0n) is 15.4. The summed E-state index contributed by atoms with van der Waals surface area (Å²) in [5.41, 5.74) is 1.75. The van der Waals surface area contributed by atoms with Gasteiger partial charge in [-0.1, -0.05) is 67.0 Å². The van der Waals surface area contributed by atoms with Crippen LogP contribution >= 0.6 is 23.1 Å². The van der Waals surface area contributed by atoms with Crippen molar-refractivity contribution in [2.24, 2.45) is 0 Å². The van der Waals surface area contributed by atoms with Gasteiger partial charge in [0.15, 0.2) is 4.34 Å². The van der Waals surface area contributed by atoms with E-state index in [1.54, 1.807) is 0 Å². The highest BCUT2D eigenvalue weighted by molar-refractivity contribution is 8.01. The molecule has 0 radical (unpaired) electrons. The molecule has 3 rings (SSSR count). The molecule has 2 N–H and O–H groups in total. The van der Waals surface area contributed by atoms with Crippen LogP contribution in [0.15, 0.2) is 28.6 Å². The fourth-order valence-corrected chi connectivity index (χ4v) is 4.63. The number of anilines is 1. The Kier molecular flexibility index (Phi) is 7.23. The van der Waals surface area contributed by atoms with E-state index >= 15 is 0 Å². The van der Waals surface area contributed by atoms with Gasteiger partial charge >= 0.3 is 0 Å². The topological polar surface area (TPSA) is 84.0 Å². The predicted octanol–water partition coefficient (Wildman–Crippen LogP) is 4.03. The van der Waals surface area contributed by atoms with E-state index in [1.165, 1.54) is 48.8 Å². The molecule has 1 saturated carbocycles. The molecule has 0 bridgehead atoms. The number of thioether (sulfide) groups is 1. The molecule has 1 aliphatic carbocycles. The number of aromatic nitrogens is 2. The lowest BCUT2D eigenvalue weighted by Gasteiger charge is -2.15. The Morgan fingerprint density at radius 3 is 2.63 bits per heavy atom. The molecule has 1 fully saturated rings. The number of carbonyl (C=O) groups is 2. The van der Waals surface area contributed by atoms with Gasteiger partial charge in [-0.25, -0.2) is 0 Å². The number of amides is 2. The van der Waals surface area contributed by atoms with Gasteiger partial charge in [-0.2, -0.15) is 0 Å². The van der Waals surface area contributed by atoms with Gasteiger partial charge in [0.1, 0.15) is 0 Å². The van der Waals surface area contributed by atoms with Crippen molar-refractivity contribution in [1.29, 1.82) is 0 Å². The van der Waals surface area contributed by atoms with Gasteiger partial charge in [0.25, 0.3) is 5.91 Å². The Bertz CT molecular complexity index is 786. The first-order valence-corrected chi connectivity index (χ1v) is 11.0. The largest absolute Gasteiger partial charge is 0.353 e. The number of nitrogens with zero attached hydrogens (tertiary/aromatic N) is 2. The smallest absolute Gasteiger partial charge is 0.286 e. The minimum Gasteiger partial charge on any atom is -0.353 e. The van der Waals surface area contributed by atoms with Crippen molar-refractivity contribution in [3.63, 3.8) is 0 Å². The van der Waals surface area contributed by atoms with Crippen LogP contribution in [0.1, 0.15) is 53.9 Å². The normalized spacial score (nSPS) is 15.1. The molecule has 2 amide bonds. The number of benzene rings is 1. The maximum absolute atomic E-state index is 12.3. The fraction of sp³-hybridized carbons (Fsp3) is 0.474. The number of hydrogen-bond donors (Lipinski definition) is 2. The van der Waals surface area contributed by atoms with E-state index in [2.05, 4.69) is 20.8 Å². The van der Waals surface area contributed by atoms with Gasteiger partial charge in [0.2, 0.25) is 10.9 Å². The summed E-state index contributed by atoms with van der Waals surface area (Å²) in [5.74, 6) is 0.0365. The minimum atomic E-state index is -0.281. The summed E-state index contributed by atoms with van der Waals surface area (Å²) in [5, 5.41) is 14.2. The van der Waals surface area contributed by atoms with Crippen molar-refractivity contribution in [1.82, 2.24) is 15.5 Å². The number of hydrogen-bond acceptors (Lipinski definition) is 6. The second kappa shape index (κ2) is 9.85. The molecule has 0 aliphatic heterocycles. The lowest BCUT2D eigenvalue weighted by atomic mass is 10.1. The van der Waals surface area contributed by atoms with Crippen LogP contribution in [0.2, 0.25) is 0 Å². The molecule has 1 heterocycles. The van der Waals surface area contributed by atoms with Gasteiger partial charge in [0.05, 0.1) is 5.75 Å².